The van der Waals surface area contributed by atoms with E-state index in [2.05, 4.69) is 36.5 Å². The zero-order valence-corrected chi connectivity index (χ0v) is 20.8. The first-order valence-corrected chi connectivity index (χ1v) is 13.1. The minimum atomic E-state index is -3.61. The number of sulfonamides is 1. The van der Waals surface area contributed by atoms with Crippen LogP contribution in [0.25, 0.3) is 0 Å². The van der Waals surface area contributed by atoms with Gasteiger partial charge in [0.25, 0.3) is 5.91 Å². The average Bonchev–Trinajstić information content (AvgIpc) is 2.77. The van der Waals surface area contributed by atoms with Crippen molar-refractivity contribution in [3.8, 4) is 0 Å². The van der Waals surface area contributed by atoms with Crippen molar-refractivity contribution in [2.45, 2.75) is 26.3 Å². The van der Waals surface area contributed by atoms with Crippen molar-refractivity contribution in [1.29, 1.82) is 0 Å². The van der Waals surface area contributed by atoms with Gasteiger partial charge < -0.3 is 5.32 Å². The smallest absolute Gasteiger partial charge is 0.251 e. The highest BCUT2D eigenvalue weighted by Gasteiger charge is 2.21. The minimum absolute atomic E-state index is 0.0120. The Balaban J connectivity index is 1.64. The number of aryl methyl sites for hydroxylation is 2. The van der Waals surface area contributed by atoms with Crippen LogP contribution in [0.2, 0.25) is 10.0 Å². The molecule has 0 fully saturated rings. The van der Waals surface area contributed by atoms with Gasteiger partial charge in [0, 0.05) is 27.7 Å². The van der Waals surface area contributed by atoms with Crippen LogP contribution in [0.1, 0.15) is 33.5 Å². The lowest BCUT2D eigenvalue weighted by Crippen LogP contribution is -2.30. The molecule has 3 rings (SSSR count). The van der Waals surface area contributed by atoms with E-state index in [4.69, 9.17) is 23.2 Å². The van der Waals surface area contributed by atoms with E-state index in [0.29, 0.717) is 33.4 Å². The van der Waals surface area contributed by atoms with Crippen LogP contribution in [-0.4, -0.2) is 27.1 Å². The zero-order valence-electron chi connectivity index (χ0n) is 18.5. The Kier molecular flexibility index (Phi) is 8.40. The van der Waals surface area contributed by atoms with Gasteiger partial charge >= 0.3 is 0 Å². The normalized spacial score (nSPS) is 11.3. The number of hydrogen-bond donors (Lipinski definition) is 1. The van der Waals surface area contributed by atoms with Crippen molar-refractivity contribution in [3.63, 3.8) is 0 Å². The molecule has 0 heterocycles. The lowest BCUT2D eigenvalue weighted by atomic mass is 10.1. The standard InChI is InChI=1S/C25H26Cl2N2O3S/c1-18-8-10-19(11-9-18)5-4-16-28-25(30)20-12-14-21(15-13-20)29(33(2,31)32)17-22-23(26)6-3-7-24(22)27/h3,6-15H,4-5,16-17H2,1-2H3,(H,28,30). The summed E-state index contributed by atoms with van der Waals surface area (Å²) in [5.41, 5.74) is 3.85. The third kappa shape index (κ3) is 6.97. The first kappa shape index (κ1) is 25.1. The van der Waals surface area contributed by atoms with Crippen molar-refractivity contribution < 1.29 is 13.2 Å². The highest BCUT2D eigenvalue weighted by Crippen LogP contribution is 2.29. The fourth-order valence-electron chi connectivity index (χ4n) is 3.36. The van der Waals surface area contributed by atoms with E-state index in [1.165, 1.54) is 15.4 Å². The molecule has 0 atom stereocenters. The molecular weight excluding hydrogens is 479 g/mol. The van der Waals surface area contributed by atoms with Gasteiger partial charge in [0.05, 0.1) is 18.5 Å². The predicted octanol–water partition coefficient (Wildman–Crippen LogP) is 5.63. The summed E-state index contributed by atoms with van der Waals surface area (Å²) in [5, 5.41) is 3.68. The van der Waals surface area contributed by atoms with Gasteiger partial charge in [0.1, 0.15) is 0 Å². The number of benzene rings is 3. The van der Waals surface area contributed by atoms with Gasteiger partial charge in [-0.2, -0.15) is 0 Å². The van der Waals surface area contributed by atoms with E-state index in [-0.39, 0.29) is 12.5 Å². The molecule has 1 amide bonds. The van der Waals surface area contributed by atoms with Gasteiger partial charge in [0.2, 0.25) is 10.0 Å². The van der Waals surface area contributed by atoms with E-state index in [9.17, 15) is 13.2 Å². The Hall–Kier alpha value is -2.54. The summed E-state index contributed by atoms with van der Waals surface area (Å²) in [5.74, 6) is -0.203. The van der Waals surface area contributed by atoms with Crippen molar-refractivity contribution >= 4 is 44.8 Å². The van der Waals surface area contributed by atoms with Crippen LogP contribution in [0.15, 0.2) is 66.7 Å². The molecule has 0 spiro atoms. The molecule has 8 heteroatoms. The van der Waals surface area contributed by atoms with Gasteiger partial charge in [-0.15, -0.1) is 0 Å². The maximum atomic E-state index is 12.5. The molecule has 0 unspecified atom stereocenters. The number of halogens is 2. The Morgan fingerprint density at radius 1 is 0.939 bits per heavy atom. The van der Waals surface area contributed by atoms with Crippen molar-refractivity contribution in [2.75, 3.05) is 17.1 Å². The van der Waals surface area contributed by atoms with E-state index in [0.717, 1.165) is 19.1 Å². The molecule has 0 aromatic heterocycles. The van der Waals surface area contributed by atoms with Crippen LogP contribution in [-0.2, 0) is 23.0 Å². The second-order valence-corrected chi connectivity index (χ2v) is 10.6. The van der Waals surface area contributed by atoms with Crippen LogP contribution in [0, 0.1) is 6.92 Å². The first-order valence-electron chi connectivity index (χ1n) is 10.5. The van der Waals surface area contributed by atoms with E-state index in [1.807, 2.05) is 0 Å². The third-order valence-corrected chi connectivity index (χ3v) is 7.08. The van der Waals surface area contributed by atoms with Gasteiger partial charge in [-0.25, -0.2) is 8.42 Å². The summed E-state index contributed by atoms with van der Waals surface area (Å²) < 4.78 is 26.1. The fraction of sp³-hybridized carbons (Fsp3) is 0.240. The van der Waals surface area contributed by atoms with Gasteiger partial charge in [-0.05, 0) is 61.7 Å². The Morgan fingerprint density at radius 3 is 2.12 bits per heavy atom. The zero-order chi connectivity index (χ0) is 24.0. The number of rotatable bonds is 9. The quantitative estimate of drug-likeness (QED) is 0.384. The summed E-state index contributed by atoms with van der Waals surface area (Å²) in [6.45, 7) is 2.59. The molecule has 0 radical (unpaired) electrons. The number of nitrogens with zero attached hydrogens (tertiary/aromatic N) is 1. The molecule has 0 saturated heterocycles. The largest absolute Gasteiger partial charge is 0.352 e. The number of amides is 1. The van der Waals surface area contributed by atoms with Gasteiger partial charge in [-0.3, -0.25) is 9.10 Å². The number of carbonyl (C=O) groups is 1. The molecule has 1 N–H and O–H groups in total. The lowest BCUT2D eigenvalue weighted by Gasteiger charge is -2.23. The molecule has 0 aliphatic rings. The summed E-state index contributed by atoms with van der Waals surface area (Å²) >= 11 is 12.5. The highest BCUT2D eigenvalue weighted by molar-refractivity contribution is 7.92. The Labute approximate surface area is 205 Å². The molecule has 0 aliphatic heterocycles. The van der Waals surface area contributed by atoms with Crippen molar-refractivity contribution in [3.05, 3.63) is 99.0 Å². The van der Waals surface area contributed by atoms with E-state index in [1.54, 1.807) is 42.5 Å². The van der Waals surface area contributed by atoms with E-state index >= 15 is 0 Å². The summed E-state index contributed by atoms with van der Waals surface area (Å²) in [7, 11) is -3.61. The monoisotopic (exact) mass is 504 g/mol. The fourth-order valence-corrected chi connectivity index (χ4v) is 4.74. The third-order valence-electron chi connectivity index (χ3n) is 5.23. The maximum Gasteiger partial charge on any atom is 0.251 e. The number of anilines is 1. The van der Waals surface area contributed by atoms with Crippen molar-refractivity contribution in [1.82, 2.24) is 5.32 Å². The Morgan fingerprint density at radius 2 is 1.55 bits per heavy atom. The molecule has 0 saturated carbocycles. The van der Waals surface area contributed by atoms with Gasteiger partial charge in [0.15, 0.2) is 0 Å². The molecule has 3 aromatic rings. The molecule has 5 nitrogen and oxygen atoms in total. The molecular formula is C25H26Cl2N2O3S. The predicted molar refractivity (Wildman–Crippen MR) is 136 cm³/mol. The highest BCUT2D eigenvalue weighted by atomic mass is 35.5. The molecule has 0 aliphatic carbocycles. The van der Waals surface area contributed by atoms with Crippen LogP contribution >= 0.6 is 23.2 Å². The van der Waals surface area contributed by atoms with Crippen molar-refractivity contribution in [2.24, 2.45) is 0 Å². The minimum Gasteiger partial charge on any atom is -0.352 e. The number of hydrogen-bond acceptors (Lipinski definition) is 3. The summed E-state index contributed by atoms with van der Waals surface area (Å²) in [4.78, 5) is 12.5. The van der Waals surface area contributed by atoms with Crippen LogP contribution in [0.5, 0.6) is 0 Å². The topological polar surface area (TPSA) is 66.5 Å². The van der Waals surface area contributed by atoms with E-state index < -0.39 is 10.0 Å². The van der Waals surface area contributed by atoms with Crippen LogP contribution in [0.4, 0.5) is 5.69 Å². The summed E-state index contributed by atoms with van der Waals surface area (Å²) in [6.07, 6.45) is 2.83. The molecule has 3 aromatic carbocycles. The van der Waals surface area contributed by atoms with Gasteiger partial charge in [-0.1, -0.05) is 59.1 Å². The lowest BCUT2D eigenvalue weighted by molar-refractivity contribution is 0.0953. The second kappa shape index (κ2) is 11.1. The van der Waals surface area contributed by atoms with Crippen LogP contribution < -0.4 is 9.62 Å². The summed E-state index contributed by atoms with van der Waals surface area (Å²) in [6, 6.07) is 19.8. The maximum absolute atomic E-state index is 12.5. The SMILES string of the molecule is Cc1ccc(CCCNC(=O)c2ccc(N(Cc3c(Cl)cccc3Cl)S(C)(=O)=O)cc2)cc1. The first-order chi connectivity index (χ1) is 15.6. The average molecular weight is 505 g/mol. The molecule has 174 valence electrons. The molecule has 0 bridgehead atoms. The number of nitrogens with one attached hydrogen (secondary N) is 1. The second-order valence-electron chi connectivity index (χ2n) is 7.86. The number of carbonyl (C=O) groups excluding carboxylic acids is 1. The Bertz CT molecular complexity index is 1190. The molecule has 33 heavy (non-hydrogen) atoms. The van der Waals surface area contributed by atoms with Crippen LogP contribution in [0.3, 0.4) is 0 Å².